The Kier molecular flexibility index (Phi) is 5.50. The second-order valence-electron chi connectivity index (χ2n) is 6.55. The van der Waals surface area contributed by atoms with Crippen LogP contribution in [0.5, 0.6) is 0 Å². The van der Waals surface area contributed by atoms with E-state index in [1.54, 1.807) is 0 Å². The van der Waals surface area contributed by atoms with Crippen molar-refractivity contribution in [1.29, 1.82) is 0 Å². The molecule has 1 aromatic carbocycles. The van der Waals surface area contributed by atoms with Crippen molar-refractivity contribution in [3.63, 3.8) is 0 Å². The minimum absolute atomic E-state index is 0.265. The van der Waals surface area contributed by atoms with Gasteiger partial charge in [-0.3, -0.25) is 0 Å². The van der Waals surface area contributed by atoms with Gasteiger partial charge in [0.1, 0.15) is 6.29 Å². The molecule has 0 aromatic heterocycles. The molecule has 0 bridgehead atoms. The normalized spacial score (nSPS) is 12.5. The van der Waals surface area contributed by atoms with E-state index in [1.807, 2.05) is 12.1 Å². The lowest BCUT2D eigenvalue weighted by atomic mass is 10.1. The lowest BCUT2D eigenvalue weighted by Crippen LogP contribution is -2.41. The summed E-state index contributed by atoms with van der Waals surface area (Å²) in [5.41, 5.74) is 2.34. The van der Waals surface area contributed by atoms with Crippen molar-refractivity contribution in [2.75, 3.05) is 6.61 Å². The van der Waals surface area contributed by atoms with E-state index in [0.717, 1.165) is 24.9 Å². The summed E-state index contributed by atoms with van der Waals surface area (Å²) in [4.78, 5) is 10.4. The molecule has 0 heterocycles. The van der Waals surface area contributed by atoms with Crippen molar-refractivity contribution in [2.24, 2.45) is 0 Å². The molecule has 1 aromatic rings. The second kappa shape index (κ2) is 6.48. The van der Waals surface area contributed by atoms with Gasteiger partial charge in [0.25, 0.3) is 0 Å². The summed E-state index contributed by atoms with van der Waals surface area (Å²) in [5.74, 6) is 0. The molecular weight excluding hydrogens is 252 g/mol. The highest BCUT2D eigenvalue weighted by Gasteiger charge is 2.36. The second-order valence-corrected chi connectivity index (χ2v) is 11.4. The average Bonchev–Trinajstić information content (AvgIpc) is 2.30. The Bertz CT molecular complexity index is 402. The van der Waals surface area contributed by atoms with E-state index in [1.165, 1.54) is 5.56 Å². The zero-order valence-electron chi connectivity index (χ0n) is 12.8. The Morgan fingerprint density at radius 1 is 1.11 bits per heavy atom. The number of hydrogen-bond donors (Lipinski definition) is 0. The van der Waals surface area contributed by atoms with Crippen LogP contribution in [0.3, 0.4) is 0 Å². The molecule has 3 heteroatoms. The van der Waals surface area contributed by atoms with Crippen molar-refractivity contribution in [2.45, 2.75) is 51.7 Å². The first-order valence-electron chi connectivity index (χ1n) is 6.92. The topological polar surface area (TPSA) is 26.3 Å². The molecule has 0 saturated carbocycles. The van der Waals surface area contributed by atoms with Crippen molar-refractivity contribution < 1.29 is 9.22 Å². The van der Waals surface area contributed by atoms with Crippen LogP contribution in [0.25, 0.3) is 0 Å². The lowest BCUT2D eigenvalue weighted by Gasteiger charge is -2.36. The summed E-state index contributed by atoms with van der Waals surface area (Å²) in [6.45, 7) is 12.1. The Labute approximate surface area is 118 Å². The summed E-state index contributed by atoms with van der Waals surface area (Å²) in [5, 5.41) is 0.265. The minimum Gasteiger partial charge on any atom is -0.416 e. The summed E-state index contributed by atoms with van der Waals surface area (Å²) in [6, 6.07) is 8.23. The lowest BCUT2D eigenvalue weighted by molar-refractivity contribution is -0.107. The molecule has 0 amide bonds. The third-order valence-electron chi connectivity index (χ3n) is 4.00. The largest absolute Gasteiger partial charge is 0.416 e. The van der Waals surface area contributed by atoms with Gasteiger partial charge in [-0.2, -0.15) is 0 Å². The minimum atomic E-state index is -1.63. The van der Waals surface area contributed by atoms with Crippen molar-refractivity contribution >= 4 is 14.6 Å². The Morgan fingerprint density at radius 2 is 1.63 bits per heavy atom. The number of rotatable bonds is 6. The van der Waals surface area contributed by atoms with Gasteiger partial charge >= 0.3 is 0 Å². The fraction of sp³-hybridized carbons (Fsp3) is 0.562. The molecule has 0 spiro atoms. The van der Waals surface area contributed by atoms with Gasteiger partial charge in [-0.1, -0.05) is 45.0 Å². The number of hydrogen-bond acceptors (Lipinski definition) is 2. The molecule has 0 atom stereocenters. The Morgan fingerprint density at radius 3 is 2.11 bits per heavy atom. The summed E-state index contributed by atoms with van der Waals surface area (Å²) in [7, 11) is -1.63. The highest BCUT2D eigenvalue weighted by atomic mass is 28.4. The van der Waals surface area contributed by atoms with Crippen LogP contribution in [0.2, 0.25) is 18.1 Å². The quantitative estimate of drug-likeness (QED) is 0.581. The SMILES string of the molecule is CC(C)(C)[Si](C)(C)OCCc1ccc(CC=O)cc1. The van der Waals surface area contributed by atoms with Gasteiger partial charge in [-0.15, -0.1) is 0 Å². The molecule has 0 fully saturated rings. The van der Waals surface area contributed by atoms with E-state index in [2.05, 4.69) is 46.0 Å². The smallest absolute Gasteiger partial charge is 0.191 e. The molecule has 0 unspecified atom stereocenters. The van der Waals surface area contributed by atoms with Gasteiger partial charge in [0, 0.05) is 13.0 Å². The first-order valence-corrected chi connectivity index (χ1v) is 9.82. The van der Waals surface area contributed by atoms with Gasteiger partial charge in [-0.25, -0.2) is 0 Å². The standard InChI is InChI=1S/C16H26O2Si/c1-16(2,3)19(4,5)18-13-11-15-8-6-14(7-9-15)10-12-17/h6-9,12H,10-11,13H2,1-5H3. The van der Waals surface area contributed by atoms with E-state index in [-0.39, 0.29) is 5.04 Å². The van der Waals surface area contributed by atoms with E-state index in [0.29, 0.717) is 6.42 Å². The van der Waals surface area contributed by atoms with Gasteiger partial charge in [-0.05, 0) is 35.7 Å². The monoisotopic (exact) mass is 278 g/mol. The molecule has 106 valence electrons. The van der Waals surface area contributed by atoms with Crippen molar-refractivity contribution in [3.05, 3.63) is 35.4 Å². The van der Waals surface area contributed by atoms with Gasteiger partial charge in [0.2, 0.25) is 0 Å². The zero-order chi connectivity index (χ0) is 14.5. The van der Waals surface area contributed by atoms with Crippen LogP contribution in [0.15, 0.2) is 24.3 Å². The van der Waals surface area contributed by atoms with Gasteiger partial charge in [0.15, 0.2) is 8.32 Å². The predicted octanol–water partition coefficient (Wildman–Crippen LogP) is 3.99. The number of aldehydes is 1. The van der Waals surface area contributed by atoms with Crippen LogP contribution in [0.4, 0.5) is 0 Å². The zero-order valence-corrected chi connectivity index (χ0v) is 13.8. The summed E-state index contributed by atoms with van der Waals surface area (Å²) < 4.78 is 6.16. The maximum absolute atomic E-state index is 10.4. The van der Waals surface area contributed by atoms with Crippen LogP contribution in [-0.4, -0.2) is 21.2 Å². The molecule has 1 rings (SSSR count). The van der Waals surface area contributed by atoms with Crippen LogP contribution >= 0.6 is 0 Å². The van der Waals surface area contributed by atoms with Crippen LogP contribution in [-0.2, 0) is 22.1 Å². The van der Waals surface area contributed by atoms with Crippen LogP contribution in [0.1, 0.15) is 31.9 Å². The van der Waals surface area contributed by atoms with Gasteiger partial charge < -0.3 is 9.22 Å². The highest BCUT2D eigenvalue weighted by molar-refractivity contribution is 6.74. The third kappa shape index (κ3) is 4.92. The fourth-order valence-electron chi connectivity index (χ4n) is 1.58. The van der Waals surface area contributed by atoms with Crippen LogP contribution < -0.4 is 0 Å². The number of carbonyl (C=O) groups excluding carboxylic acids is 1. The maximum Gasteiger partial charge on any atom is 0.191 e. The van der Waals surface area contributed by atoms with Crippen molar-refractivity contribution in [1.82, 2.24) is 0 Å². The summed E-state index contributed by atoms with van der Waals surface area (Å²) in [6.07, 6.45) is 2.38. The molecular formula is C16H26O2Si. The maximum atomic E-state index is 10.4. The van der Waals surface area contributed by atoms with Crippen molar-refractivity contribution in [3.8, 4) is 0 Å². The predicted molar refractivity (Wildman–Crippen MR) is 83.1 cm³/mol. The third-order valence-corrected chi connectivity index (χ3v) is 8.54. The molecule has 0 aliphatic carbocycles. The molecule has 0 aliphatic heterocycles. The fourth-order valence-corrected chi connectivity index (χ4v) is 2.62. The molecule has 0 saturated heterocycles. The molecule has 2 nitrogen and oxygen atoms in total. The Balaban J connectivity index is 2.47. The van der Waals surface area contributed by atoms with E-state index in [4.69, 9.17) is 4.43 Å². The highest BCUT2D eigenvalue weighted by Crippen LogP contribution is 2.36. The summed E-state index contributed by atoms with van der Waals surface area (Å²) >= 11 is 0. The van der Waals surface area contributed by atoms with E-state index < -0.39 is 8.32 Å². The molecule has 0 radical (unpaired) electrons. The van der Waals surface area contributed by atoms with Crippen LogP contribution in [0, 0.1) is 0 Å². The number of carbonyl (C=O) groups is 1. The number of benzene rings is 1. The van der Waals surface area contributed by atoms with E-state index in [9.17, 15) is 4.79 Å². The Hall–Kier alpha value is -0.933. The first kappa shape index (κ1) is 16.1. The van der Waals surface area contributed by atoms with E-state index >= 15 is 0 Å². The first-order chi connectivity index (χ1) is 8.76. The average molecular weight is 278 g/mol. The van der Waals surface area contributed by atoms with Gasteiger partial charge in [0.05, 0.1) is 0 Å². The molecule has 0 aliphatic rings. The molecule has 19 heavy (non-hydrogen) atoms. The molecule has 0 N–H and O–H groups in total.